The van der Waals surface area contributed by atoms with E-state index in [-0.39, 0.29) is 28.3 Å². The van der Waals surface area contributed by atoms with Gasteiger partial charge in [0.25, 0.3) is 0 Å². The first-order valence-corrected chi connectivity index (χ1v) is 8.27. The third kappa shape index (κ3) is 3.21. The fourth-order valence-electron chi connectivity index (χ4n) is 2.65. The summed E-state index contributed by atoms with van der Waals surface area (Å²) in [6.45, 7) is 3.99. The second-order valence-electron chi connectivity index (χ2n) is 6.19. The number of benzene rings is 1. The van der Waals surface area contributed by atoms with Gasteiger partial charge in [0.2, 0.25) is 5.71 Å². The number of halogens is 1. The fraction of sp³-hybridized carbons (Fsp3) is 0.263. The summed E-state index contributed by atoms with van der Waals surface area (Å²) < 4.78 is 5.93. The van der Waals surface area contributed by atoms with Gasteiger partial charge < -0.3 is 10.2 Å². The van der Waals surface area contributed by atoms with Crippen LogP contribution in [0.2, 0.25) is 5.15 Å². The van der Waals surface area contributed by atoms with Crippen LogP contribution in [0.4, 0.5) is 0 Å². The molecule has 0 fully saturated rings. The Balaban J connectivity index is 2.24. The maximum absolute atomic E-state index is 13.0. The van der Waals surface area contributed by atoms with Gasteiger partial charge in [-0.15, -0.1) is 0 Å². The van der Waals surface area contributed by atoms with Crippen LogP contribution in [0.1, 0.15) is 36.8 Å². The molecular formula is C19H19ClN2O2. The summed E-state index contributed by atoms with van der Waals surface area (Å²) in [6, 6.07) is 12.6. The van der Waals surface area contributed by atoms with E-state index in [0.717, 1.165) is 5.56 Å². The first kappa shape index (κ1) is 16.7. The first-order valence-electron chi connectivity index (χ1n) is 7.89. The van der Waals surface area contributed by atoms with Crippen LogP contribution in [-0.2, 0) is 6.42 Å². The van der Waals surface area contributed by atoms with E-state index in [1.54, 1.807) is 12.1 Å². The van der Waals surface area contributed by atoms with Crippen molar-refractivity contribution < 1.29 is 4.42 Å². The molecule has 0 aliphatic rings. The molecule has 2 heterocycles. The summed E-state index contributed by atoms with van der Waals surface area (Å²) in [6.07, 6.45) is 0.470. The molecule has 0 saturated heterocycles. The van der Waals surface area contributed by atoms with Crippen LogP contribution < -0.4 is 11.2 Å². The highest BCUT2D eigenvalue weighted by atomic mass is 35.5. The van der Waals surface area contributed by atoms with E-state index in [4.69, 9.17) is 21.8 Å². The van der Waals surface area contributed by atoms with E-state index in [0.29, 0.717) is 23.1 Å². The van der Waals surface area contributed by atoms with Gasteiger partial charge in [-0.25, -0.2) is 4.98 Å². The zero-order valence-corrected chi connectivity index (χ0v) is 14.4. The van der Waals surface area contributed by atoms with Crippen LogP contribution in [0.15, 0.2) is 51.7 Å². The molecule has 5 heteroatoms. The lowest BCUT2D eigenvalue weighted by Gasteiger charge is -2.18. The van der Waals surface area contributed by atoms with Crippen molar-refractivity contribution >= 4 is 22.7 Å². The standard InChI is InChI=1S/C19H19ClN2O2/c1-11(2)16(21)18-14(10-12-6-4-3-5-7-12)17(23)13-8-9-15(20)22-19(13)24-18/h3-9,11,16H,10,21H2,1-2H3. The monoisotopic (exact) mass is 342 g/mol. The molecule has 2 aromatic heterocycles. The van der Waals surface area contributed by atoms with Gasteiger partial charge in [0.1, 0.15) is 10.9 Å². The van der Waals surface area contributed by atoms with E-state index >= 15 is 0 Å². The second-order valence-corrected chi connectivity index (χ2v) is 6.58. The molecule has 0 spiro atoms. The third-order valence-corrected chi connectivity index (χ3v) is 4.30. The lowest BCUT2D eigenvalue weighted by Crippen LogP contribution is -2.23. The molecule has 3 rings (SSSR count). The molecule has 0 bridgehead atoms. The van der Waals surface area contributed by atoms with Gasteiger partial charge in [-0.1, -0.05) is 55.8 Å². The number of nitrogens with two attached hydrogens (primary N) is 1. The molecular weight excluding hydrogens is 324 g/mol. The smallest absolute Gasteiger partial charge is 0.231 e. The van der Waals surface area contributed by atoms with Crippen LogP contribution >= 0.6 is 11.6 Å². The van der Waals surface area contributed by atoms with Crippen LogP contribution in [0.3, 0.4) is 0 Å². The largest absolute Gasteiger partial charge is 0.440 e. The predicted molar refractivity (Wildman–Crippen MR) is 96.3 cm³/mol. The van der Waals surface area contributed by atoms with Gasteiger partial charge in [-0.05, 0) is 23.6 Å². The molecule has 0 aliphatic heterocycles. The van der Waals surface area contributed by atoms with E-state index < -0.39 is 0 Å². The Morgan fingerprint density at radius 3 is 2.54 bits per heavy atom. The summed E-state index contributed by atoms with van der Waals surface area (Å²) >= 11 is 5.93. The van der Waals surface area contributed by atoms with Crippen molar-refractivity contribution in [2.24, 2.45) is 11.7 Å². The van der Waals surface area contributed by atoms with Crippen molar-refractivity contribution in [2.75, 3.05) is 0 Å². The maximum Gasteiger partial charge on any atom is 0.231 e. The van der Waals surface area contributed by atoms with Crippen LogP contribution in [0.5, 0.6) is 0 Å². The molecule has 124 valence electrons. The number of nitrogens with zero attached hydrogens (tertiary/aromatic N) is 1. The summed E-state index contributed by atoms with van der Waals surface area (Å²) in [7, 11) is 0. The van der Waals surface area contributed by atoms with E-state index in [9.17, 15) is 4.79 Å². The van der Waals surface area contributed by atoms with E-state index in [1.165, 1.54) is 0 Å². The molecule has 0 saturated carbocycles. The average Bonchev–Trinajstić information content (AvgIpc) is 2.57. The Labute approximate surface area is 145 Å². The quantitative estimate of drug-likeness (QED) is 0.725. The van der Waals surface area contributed by atoms with Crippen molar-refractivity contribution in [3.8, 4) is 0 Å². The lowest BCUT2D eigenvalue weighted by atomic mass is 9.94. The Morgan fingerprint density at radius 1 is 1.17 bits per heavy atom. The molecule has 3 aromatic rings. The van der Waals surface area contributed by atoms with Crippen molar-refractivity contribution in [1.29, 1.82) is 0 Å². The Bertz CT molecular complexity index is 920. The second kappa shape index (κ2) is 6.75. The van der Waals surface area contributed by atoms with Gasteiger partial charge in [0, 0.05) is 12.0 Å². The Hall–Kier alpha value is -2.17. The van der Waals surface area contributed by atoms with Crippen LogP contribution in [0.25, 0.3) is 11.1 Å². The van der Waals surface area contributed by atoms with Crippen LogP contribution in [0, 0.1) is 5.92 Å². The number of rotatable bonds is 4. The molecule has 24 heavy (non-hydrogen) atoms. The van der Waals surface area contributed by atoms with Crippen molar-refractivity contribution in [1.82, 2.24) is 4.98 Å². The molecule has 1 atom stereocenters. The number of aromatic nitrogens is 1. The fourth-order valence-corrected chi connectivity index (χ4v) is 2.79. The number of hydrogen-bond donors (Lipinski definition) is 1. The molecule has 4 nitrogen and oxygen atoms in total. The van der Waals surface area contributed by atoms with E-state index in [2.05, 4.69) is 4.98 Å². The van der Waals surface area contributed by atoms with Gasteiger partial charge in [0.05, 0.1) is 11.4 Å². The molecule has 0 amide bonds. The Morgan fingerprint density at radius 2 is 1.88 bits per heavy atom. The molecule has 0 radical (unpaired) electrons. The van der Waals surface area contributed by atoms with Crippen molar-refractivity contribution in [3.05, 3.63) is 74.7 Å². The molecule has 1 unspecified atom stereocenters. The van der Waals surface area contributed by atoms with Crippen molar-refractivity contribution in [3.63, 3.8) is 0 Å². The summed E-state index contributed by atoms with van der Waals surface area (Å²) in [5.74, 6) is 0.612. The van der Waals surface area contributed by atoms with Gasteiger partial charge in [-0.2, -0.15) is 0 Å². The van der Waals surface area contributed by atoms with Gasteiger partial charge >= 0.3 is 0 Å². The highest BCUT2D eigenvalue weighted by Gasteiger charge is 2.22. The summed E-state index contributed by atoms with van der Waals surface area (Å²) in [5, 5.41) is 0.704. The highest BCUT2D eigenvalue weighted by Crippen LogP contribution is 2.26. The highest BCUT2D eigenvalue weighted by molar-refractivity contribution is 6.29. The summed E-state index contributed by atoms with van der Waals surface area (Å²) in [4.78, 5) is 17.1. The topological polar surface area (TPSA) is 69.1 Å². The minimum absolute atomic E-state index is 0.102. The SMILES string of the molecule is CC(C)C(N)c1oc2nc(Cl)ccc2c(=O)c1Cc1ccccc1. The third-order valence-electron chi connectivity index (χ3n) is 4.09. The van der Waals surface area contributed by atoms with Gasteiger partial charge in [-0.3, -0.25) is 4.79 Å². The average molecular weight is 343 g/mol. The Kier molecular flexibility index (Phi) is 4.69. The molecule has 1 aromatic carbocycles. The number of hydrogen-bond acceptors (Lipinski definition) is 4. The normalized spacial score (nSPS) is 12.7. The van der Waals surface area contributed by atoms with E-state index in [1.807, 2.05) is 44.2 Å². The maximum atomic E-state index is 13.0. The number of pyridine rings is 1. The minimum atomic E-state index is -0.387. The predicted octanol–water partition coefficient (Wildman–Crippen LogP) is 4.09. The zero-order chi connectivity index (χ0) is 17.3. The zero-order valence-electron chi connectivity index (χ0n) is 13.6. The minimum Gasteiger partial charge on any atom is -0.440 e. The summed E-state index contributed by atoms with van der Waals surface area (Å²) in [5.41, 5.74) is 8.04. The molecule has 0 aliphatic carbocycles. The lowest BCUT2D eigenvalue weighted by molar-refractivity contribution is 0.402. The van der Waals surface area contributed by atoms with Crippen molar-refractivity contribution in [2.45, 2.75) is 26.3 Å². The van der Waals surface area contributed by atoms with Gasteiger partial charge in [0.15, 0.2) is 5.43 Å². The van der Waals surface area contributed by atoms with Crippen LogP contribution in [-0.4, -0.2) is 4.98 Å². The number of fused-ring (bicyclic) bond motifs is 1. The first-order chi connectivity index (χ1) is 11.5. The molecule has 2 N–H and O–H groups in total.